The van der Waals surface area contributed by atoms with E-state index in [-0.39, 0.29) is 11.8 Å². The van der Waals surface area contributed by atoms with E-state index in [1.54, 1.807) is 7.11 Å². The maximum absolute atomic E-state index is 12.7. The molecule has 5 nitrogen and oxygen atoms in total. The van der Waals surface area contributed by atoms with E-state index in [0.29, 0.717) is 12.2 Å². The molecule has 4 aromatic rings. The lowest BCUT2D eigenvalue weighted by atomic mass is 9.84. The zero-order valence-corrected chi connectivity index (χ0v) is 16.6. The third kappa shape index (κ3) is 3.05. The van der Waals surface area contributed by atoms with E-state index < -0.39 is 0 Å². The Hall–Kier alpha value is -3.86. The number of nitrogens with zero attached hydrogens (tertiary/aromatic N) is 2. The zero-order valence-electron chi connectivity index (χ0n) is 16.6. The van der Waals surface area contributed by atoms with Gasteiger partial charge in [0.25, 0.3) is 0 Å². The van der Waals surface area contributed by atoms with Gasteiger partial charge in [-0.15, -0.1) is 0 Å². The number of para-hydroxylation sites is 2. The molecule has 0 unspecified atom stereocenters. The Morgan fingerprint density at radius 3 is 2.33 bits per heavy atom. The molecule has 0 saturated carbocycles. The van der Waals surface area contributed by atoms with Crippen LogP contribution in [0.5, 0.6) is 5.75 Å². The van der Waals surface area contributed by atoms with Crippen molar-refractivity contribution in [2.45, 2.75) is 12.3 Å². The van der Waals surface area contributed by atoms with E-state index in [0.717, 1.165) is 33.8 Å². The summed E-state index contributed by atoms with van der Waals surface area (Å²) in [4.78, 5) is 12.7. The molecule has 148 valence electrons. The van der Waals surface area contributed by atoms with Crippen molar-refractivity contribution in [1.29, 1.82) is 0 Å². The van der Waals surface area contributed by atoms with Crippen LogP contribution < -0.4 is 10.1 Å². The van der Waals surface area contributed by atoms with E-state index in [1.807, 2.05) is 89.6 Å². The van der Waals surface area contributed by atoms with Gasteiger partial charge in [-0.25, -0.2) is 4.68 Å². The molecule has 0 bridgehead atoms. The first-order valence-electron chi connectivity index (χ1n) is 9.93. The highest BCUT2D eigenvalue weighted by Crippen LogP contribution is 2.45. The molecule has 1 aliphatic rings. The van der Waals surface area contributed by atoms with Gasteiger partial charge in [-0.2, -0.15) is 5.10 Å². The molecule has 30 heavy (non-hydrogen) atoms. The summed E-state index contributed by atoms with van der Waals surface area (Å²) in [6.45, 7) is 0. The second-order valence-corrected chi connectivity index (χ2v) is 7.27. The second-order valence-electron chi connectivity index (χ2n) is 7.27. The van der Waals surface area contributed by atoms with Gasteiger partial charge >= 0.3 is 0 Å². The molecule has 0 spiro atoms. The fraction of sp³-hybridized carbons (Fsp3) is 0.120. The number of aromatic nitrogens is 2. The largest absolute Gasteiger partial charge is 0.496 e. The number of carbonyl (C=O) groups is 1. The first-order chi connectivity index (χ1) is 14.8. The molecule has 0 aliphatic carbocycles. The number of benzene rings is 3. The van der Waals surface area contributed by atoms with E-state index in [4.69, 9.17) is 9.84 Å². The van der Waals surface area contributed by atoms with E-state index in [2.05, 4.69) is 5.32 Å². The summed E-state index contributed by atoms with van der Waals surface area (Å²) < 4.78 is 7.46. The Bertz CT molecular complexity index is 1200. The lowest BCUT2D eigenvalue weighted by molar-refractivity contribution is -0.116. The monoisotopic (exact) mass is 395 g/mol. The van der Waals surface area contributed by atoms with Crippen LogP contribution >= 0.6 is 0 Å². The average molecular weight is 395 g/mol. The van der Waals surface area contributed by atoms with Gasteiger partial charge in [0.05, 0.1) is 18.5 Å². The van der Waals surface area contributed by atoms with Crippen LogP contribution in [0.15, 0.2) is 84.9 Å². The van der Waals surface area contributed by atoms with Crippen LogP contribution in [0.3, 0.4) is 0 Å². The summed E-state index contributed by atoms with van der Waals surface area (Å²) in [6, 6.07) is 27.9. The molecule has 1 aliphatic heterocycles. The Balaban J connectivity index is 1.79. The minimum Gasteiger partial charge on any atom is -0.496 e. The fourth-order valence-electron chi connectivity index (χ4n) is 4.14. The van der Waals surface area contributed by atoms with E-state index in [9.17, 15) is 4.79 Å². The number of hydrogen-bond donors (Lipinski definition) is 1. The Labute approximate surface area is 174 Å². The lowest BCUT2D eigenvalue weighted by Gasteiger charge is -2.26. The summed E-state index contributed by atoms with van der Waals surface area (Å²) >= 11 is 0. The number of rotatable bonds is 4. The van der Waals surface area contributed by atoms with Crippen LogP contribution in [0, 0.1) is 0 Å². The third-order valence-electron chi connectivity index (χ3n) is 5.48. The fourth-order valence-corrected chi connectivity index (χ4v) is 4.14. The topological polar surface area (TPSA) is 56.1 Å². The standard InChI is InChI=1S/C25H21N3O2/c1-30-21-15-9-8-14-19(21)20-16-22(29)26-25-23(20)24(17-10-4-2-5-11-17)27-28(25)18-12-6-3-7-13-18/h2-15,20H,16H2,1H3,(H,26,29)/t20-/m1/s1. The van der Waals surface area contributed by atoms with E-state index in [1.165, 1.54) is 0 Å². The van der Waals surface area contributed by atoms with Crippen LogP contribution in [-0.4, -0.2) is 22.8 Å². The molecule has 1 aromatic heterocycles. The van der Waals surface area contributed by atoms with Crippen molar-refractivity contribution in [3.05, 3.63) is 96.1 Å². The summed E-state index contributed by atoms with van der Waals surface area (Å²) in [5.41, 5.74) is 4.77. The Morgan fingerprint density at radius 2 is 1.60 bits per heavy atom. The van der Waals surface area contributed by atoms with Gasteiger partial charge < -0.3 is 10.1 Å². The predicted octanol–water partition coefficient (Wildman–Crippen LogP) is 5.02. The van der Waals surface area contributed by atoms with Crippen molar-refractivity contribution < 1.29 is 9.53 Å². The van der Waals surface area contributed by atoms with Gasteiger partial charge in [-0.3, -0.25) is 4.79 Å². The zero-order chi connectivity index (χ0) is 20.5. The first-order valence-corrected chi connectivity index (χ1v) is 9.93. The second kappa shape index (κ2) is 7.52. The first kappa shape index (κ1) is 18.2. The maximum atomic E-state index is 12.7. The molecule has 2 heterocycles. The molecule has 0 fully saturated rings. The SMILES string of the molecule is COc1ccccc1[C@H]1CC(=O)Nc2c1c(-c1ccccc1)nn2-c1ccccc1. The molecule has 1 N–H and O–H groups in total. The highest BCUT2D eigenvalue weighted by molar-refractivity contribution is 5.96. The molecule has 5 heteroatoms. The number of nitrogens with one attached hydrogen (secondary N) is 1. The number of methoxy groups -OCH3 is 1. The maximum Gasteiger partial charge on any atom is 0.226 e. The summed E-state index contributed by atoms with van der Waals surface area (Å²) in [5, 5.41) is 8.03. The number of hydrogen-bond acceptors (Lipinski definition) is 3. The summed E-state index contributed by atoms with van der Waals surface area (Å²) in [6.07, 6.45) is 0.341. The minimum atomic E-state index is -0.155. The Morgan fingerprint density at radius 1 is 0.933 bits per heavy atom. The number of fused-ring (bicyclic) bond motifs is 1. The van der Waals surface area contributed by atoms with Crippen LogP contribution in [0.1, 0.15) is 23.5 Å². The molecule has 5 rings (SSSR count). The van der Waals surface area contributed by atoms with Crippen LogP contribution in [0.2, 0.25) is 0 Å². The number of amides is 1. The van der Waals surface area contributed by atoms with Crippen molar-refractivity contribution in [3.8, 4) is 22.7 Å². The lowest BCUT2D eigenvalue weighted by Crippen LogP contribution is -2.25. The molecular formula is C25H21N3O2. The normalized spacial score (nSPS) is 15.4. The molecular weight excluding hydrogens is 374 g/mol. The quantitative estimate of drug-likeness (QED) is 0.528. The van der Waals surface area contributed by atoms with Crippen LogP contribution in [-0.2, 0) is 4.79 Å². The van der Waals surface area contributed by atoms with Gasteiger partial charge in [0.2, 0.25) is 5.91 Å². The van der Waals surface area contributed by atoms with Crippen LogP contribution in [0.25, 0.3) is 16.9 Å². The van der Waals surface area contributed by atoms with Gasteiger partial charge in [0.15, 0.2) is 0 Å². The molecule has 3 aromatic carbocycles. The average Bonchev–Trinajstić information content (AvgIpc) is 3.19. The molecule has 1 atom stereocenters. The van der Waals surface area contributed by atoms with Crippen molar-refractivity contribution in [2.24, 2.45) is 0 Å². The van der Waals surface area contributed by atoms with Gasteiger partial charge in [0.1, 0.15) is 11.6 Å². The molecule has 0 radical (unpaired) electrons. The Kier molecular flexibility index (Phi) is 4.56. The third-order valence-corrected chi connectivity index (χ3v) is 5.48. The minimum absolute atomic E-state index is 0.0323. The van der Waals surface area contributed by atoms with Crippen LogP contribution in [0.4, 0.5) is 5.82 Å². The molecule has 1 amide bonds. The van der Waals surface area contributed by atoms with Crippen molar-refractivity contribution in [1.82, 2.24) is 9.78 Å². The number of anilines is 1. The summed E-state index contributed by atoms with van der Waals surface area (Å²) in [7, 11) is 1.66. The van der Waals surface area contributed by atoms with Gasteiger partial charge in [0, 0.05) is 29.0 Å². The predicted molar refractivity (Wildman–Crippen MR) is 117 cm³/mol. The van der Waals surface area contributed by atoms with Gasteiger partial charge in [-0.1, -0.05) is 66.7 Å². The highest BCUT2D eigenvalue weighted by Gasteiger charge is 2.35. The van der Waals surface area contributed by atoms with Crippen molar-refractivity contribution in [3.63, 3.8) is 0 Å². The van der Waals surface area contributed by atoms with Crippen molar-refractivity contribution >= 4 is 11.7 Å². The van der Waals surface area contributed by atoms with E-state index >= 15 is 0 Å². The summed E-state index contributed by atoms with van der Waals surface area (Å²) in [5.74, 6) is 1.30. The number of carbonyl (C=O) groups excluding carboxylic acids is 1. The molecule has 0 saturated heterocycles. The number of ether oxygens (including phenoxy) is 1. The van der Waals surface area contributed by atoms with Crippen molar-refractivity contribution in [2.75, 3.05) is 12.4 Å². The smallest absolute Gasteiger partial charge is 0.226 e. The highest BCUT2D eigenvalue weighted by atomic mass is 16.5. The van der Waals surface area contributed by atoms with Gasteiger partial charge in [-0.05, 0) is 18.2 Å².